The molecule has 1 atom stereocenters. The summed E-state index contributed by atoms with van der Waals surface area (Å²) in [5.41, 5.74) is -1.30. The summed E-state index contributed by atoms with van der Waals surface area (Å²) in [6.07, 6.45) is 3.54. The minimum atomic E-state index is -1.86. The quantitative estimate of drug-likeness (QED) is 0.515. The molecule has 68 valence electrons. The molecule has 0 rings (SSSR count). The third kappa shape index (κ3) is 3.94. The lowest BCUT2D eigenvalue weighted by Gasteiger charge is -2.18. The second kappa shape index (κ2) is 4.73. The van der Waals surface area contributed by atoms with Crippen LogP contribution in [0.25, 0.3) is 0 Å². The molecule has 1 unspecified atom stereocenters. The summed E-state index contributed by atoms with van der Waals surface area (Å²) in [7, 11) is 0. The second-order valence-electron chi connectivity index (χ2n) is 2.37. The van der Waals surface area contributed by atoms with Gasteiger partial charge in [-0.15, -0.1) is 10.8 Å². The zero-order chi connectivity index (χ0) is 9.61. The second-order valence-corrected chi connectivity index (χ2v) is 2.37. The molecule has 0 spiro atoms. The van der Waals surface area contributed by atoms with E-state index in [-0.39, 0.29) is 13.0 Å². The summed E-state index contributed by atoms with van der Waals surface area (Å²) in [5, 5.41) is 9.39. The summed E-state index contributed by atoms with van der Waals surface area (Å²) in [5.74, 6) is 2.14. The normalized spacial score (nSPS) is 14.5. The maximum absolute atomic E-state index is 11.5. The van der Waals surface area contributed by atoms with Crippen LogP contribution >= 0.6 is 0 Å². The fourth-order valence-electron chi connectivity index (χ4n) is 0.651. The van der Waals surface area contributed by atoms with Gasteiger partial charge in [-0.05, 0) is 6.42 Å². The van der Waals surface area contributed by atoms with Crippen molar-refractivity contribution in [3.63, 3.8) is 0 Å². The van der Waals surface area contributed by atoms with Gasteiger partial charge in [0.25, 0.3) is 0 Å². The lowest BCUT2D eigenvalue weighted by molar-refractivity contribution is 0.0517. The van der Waals surface area contributed by atoms with Gasteiger partial charge >= 0.3 is 6.22 Å². The molecule has 0 bridgehead atoms. The highest BCUT2D eigenvalue weighted by Gasteiger charge is 2.21. The van der Waals surface area contributed by atoms with Crippen molar-refractivity contribution in [3.05, 3.63) is 0 Å². The van der Waals surface area contributed by atoms with E-state index in [4.69, 9.17) is 6.42 Å². The topological polar surface area (TPSA) is 46.5 Å². The van der Waals surface area contributed by atoms with Gasteiger partial charge in [0.2, 0.25) is 0 Å². The van der Waals surface area contributed by atoms with Crippen molar-refractivity contribution < 1.29 is 19.0 Å². The van der Waals surface area contributed by atoms with E-state index in [0.717, 1.165) is 0 Å². The number of aliphatic hydroxyl groups is 1. The molecular formula is C8H11FO3. The Bertz CT molecular complexity index is 197. The van der Waals surface area contributed by atoms with E-state index in [9.17, 15) is 14.3 Å². The van der Waals surface area contributed by atoms with Crippen molar-refractivity contribution in [3.8, 4) is 12.3 Å². The number of ether oxygens (including phenoxy) is 1. The molecule has 0 aromatic rings. The lowest BCUT2D eigenvalue weighted by Crippen LogP contribution is -2.27. The van der Waals surface area contributed by atoms with E-state index in [1.54, 1.807) is 6.92 Å². The lowest BCUT2D eigenvalue weighted by atomic mass is 9.98. The molecule has 0 saturated carbocycles. The van der Waals surface area contributed by atoms with Crippen LogP contribution in [0.15, 0.2) is 0 Å². The third-order valence-electron chi connectivity index (χ3n) is 1.58. The van der Waals surface area contributed by atoms with Gasteiger partial charge in [-0.1, -0.05) is 12.8 Å². The molecule has 0 aromatic carbocycles. The Hall–Kier alpha value is -1.08. The summed E-state index contributed by atoms with van der Waals surface area (Å²) in [4.78, 5) is 9.68. The van der Waals surface area contributed by atoms with Crippen LogP contribution in [0.3, 0.4) is 0 Å². The number of terminal acetylenes is 1. The molecule has 1 N–H and O–H groups in total. The van der Waals surface area contributed by atoms with Crippen LogP contribution in [0.2, 0.25) is 0 Å². The summed E-state index contributed by atoms with van der Waals surface area (Å²) < 4.78 is 15.5. The van der Waals surface area contributed by atoms with Gasteiger partial charge < -0.3 is 9.84 Å². The molecular weight excluding hydrogens is 163 g/mol. The molecule has 0 heterocycles. The molecule has 0 aliphatic heterocycles. The van der Waals surface area contributed by atoms with Crippen molar-refractivity contribution in [1.82, 2.24) is 0 Å². The predicted molar refractivity (Wildman–Crippen MR) is 41.1 cm³/mol. The van der Waals surface area contributed by atoms with Gasteiger partial charge in [0, 0.05) is 6.42 Å². The van der Waals surface area contributed by atoms with Crippen molar-refractivity contribution >= 4 is 6.22 Å². The first-order valence-electron chi connectivity index (χ1n) is 3.56. The number of halogens is 1. The number of rotatable bonds is 4. The Morgan fingerprint density at radius 3 is 2.75 bits per heavy atom. The molecule has 0 amide bonds. The fourth-order valence-corrected chi connectivity index (χ4v) is 0.651. The van der Waals surface area contributed by atoms with Crippen LogP contribution in [-0.2, 0) is 4.74 Å². The average molecular weight is 174 g/mol. The predicted octanol–water partition coefficient (Wildman–Crippen LogP) is 1.26. The minimum Gasteiger partial charge on any atom is -0.440 e. The highest BCUT2D eigenvalue weighted by atomic mass is 19.1. The van der Waals surface area contributed by atoms with Gasteiger partial charge in [-0.25, -0.2) is 4.79 Å². The number of carbonyl (C=O) groups excluding carboxylic acids is 1. The SMILES string of the molecule is C#CC(O)(CC)CCOC(=O)F. The van der Waals surface area contributed by atoms with Crippen molar-refractivity contribution in [2.75, 3.05) is 6.61 Å². The molecule has 0 aromatic heterocycles. The van der Waals surface area contributed by atoms with E-state index < -0.39 is 11.8 Å². The summed E-state index contributed by atoms with van der Waals surface area (Å²) >= 11 is 0. The standard InChI is InChI=1S/C8H11FO3/c1-3-8(11,4-2)5-6-12-7(9)10/h1,11H,4-6H2,2H3. The molecule has 0 radical (unpaired) electrons. The van der Waals surface area contributed by atoms with E-state index in [2.05, 4.69) is 10.7 Å². The van der Waals surface area contributed by atoms with E-state index in [0.29, 0.717) is 6.42 Å². The maximum atomic E-state index is 11.5. The van der Waals surface area contributed by atoms with Gasteiger partial charge in [0.05, 0.1) is 6.61 Å². The number of carbonyl (C=O) groups is 1. The highest BCUT2D eigenvalue weighted by Crippen LogP contribution is 2.13. The van der Waals surface area contributed by atoms with Crippen LogP contribution in [0.4, 0.5) is 9.18 Å². The van der Waals surface area contributed by atoms with E-state index in [1.807, 2.05) is 0 Å². The molecule has 3 nitrogen and oxygen atoms in total. The van der Waals surface area contributed by atoms with Crippen LogP contribution in [0, 0.1) is 12.3 Å². The van der Waals surface area contributed by atoms with Crippen LogP contribution in [0.1, 0.15) is 19.8 Å². The first-order chi connectivity index (χ1) is 5.54. The Kier molecular flexibility index (Phi) is 4.30. The van der Waals surface area contributed by atoms with Crippen molar-refractivity contribution in [2.24, 2.45) is 0 Å². The third-order valence-corrected chi connectivity index (χ3v) is 1.58. The minimum absolute atomic E-state index is 0.0513. The van der Waals surface area contributed by atoms with Crippen molar-refractivity contribution in [2.45, 2.75) is 25.4 Å². The largest absolute Gasteiger partial charge is 0.495 e. The summed E-state index contributed by atoms with van der Waals surface area (Å²) in [6, 6.07) is 0. The van der Waals surface area contributed by atoms with Gasteiger partial charge in [-0.2, -0.15) is 0 Å². The fraction of sp³-hybridized carbons (Fsp3) is 0.625. The maximum Gasteiger partial charge on any atom is 0.495 e. The zero-order valence-corrected chi connectivity index (χ0v) is 6.84. The summed E-state index contributed by atoms with van der Waals surface area (Å²) in [6.45, 7) is 1.49. The number of hydrogen-bond acceptors (Lipinski definition) is 3. The molecule has 0 saturated heterocycles. The average Bonchev–Trinajstić information content (AvgIpc) is 2.03. The zero-order valence-electron chi connectivity index (χ0n) is 6.84. The Morgan fingerprint density at radius 1 is 1.83 bits per heavy atom. The van der Waals surface area contributed by atoms with Crippen LogP contribution < -0.4 is 0 Å². The number of hydrogen-bond donors (Lipinski definition) is 1. The first kappa shape index (κ1) is 10.9. The Labute approximate surface area is 70.5 Å². The van der Waals surface area contributed by atoms with Gasteiger partial charge in [0.15, 0.2) is 0 Å². The molecule has 4 heteroatoms. The van der Waals surface area contributed by atoms with Gasteiger partial charge in [0.1, 0.15) is 5.60 Å². The van der Waals surface area contributed by atoms with Gasteiger partial charge in [-0.3, -0.25) is 0 Å². The Morgan fingerprint density at radius 2 is 2.42 bits per heavy atom. The molecule has 0 aliphatic carbocycles. The highest BCUT2D eigenvalue weighted by molar-refractivity contribution is 5.57. The van der Waals surface area contributed by atoms with E-state index in [1.165, 1.54) is 0 Å². The smallest absolute Gasteiger partial charge is 0.440 e. The monoisotopic (exact) mass is 174 g/mol. The van der Waals surface area contributed by atoms with Crippen LogP contribution in [0.5, 0.6) is 0 Å². The molecule has 12 heavy (non-hydrogen) atoms. The van der Waals surface area contributed by atoms with E-state index >= 15 is 0 Å². The Balaban J connectivity index is 3.76. The van der Waals surface area contributed by atoms with Crippen LogP contribution in [-0.4, -0.2) is 23.5 Å². The van der Waals surface area contributed by atoms with Crippen molar-refractivity contribution in [1.29, 1.82) is 0 Å². The first-order valence-corrected chi connectivity index (χ1v) is 3.56. The molecule has 0 aliphatic rings. The molecule has 0 fully saturated rings.